The molecule has 5 heteroatoms. The Morgan fingerprint density at radius 3 is 2.86 bits per heavy atom. The number of hydrogen-bond donors (Lipinski definition) is 1. The van der Waals surface area contributed by atoms with E-state index in [1.54, 1.807) is 7.11 Å². The van der Waals surface area contributed by atoms with Crippen LogP contribution in [0.25, 0.3) is 0 Å². The van der Waals surface area contributed by atoms with Crippen molar-refractivity contribution in [2.45, 2.75) is 31.3 Å². The summed E-state index contributed by atoms with van der Waals surface area (Å²) in [7, 11) is 3.84. The minimum atomic E-state index is 0.0323. The second-order valence-corrected chi connectivity index (χ2v) is 6.32. The number of likely N-dealkylation sites (N-methyl/N-ethyl adjacent to an activating group) is 1. The zero-order valence-corrected chi connectivity index (χ0v) is 13.4. The van der Waals surface area contributed by atoms with Crippen molar-refractivity contribution in [1.82, 2.24) is 9.80 Å². The molecule has 2 heterocycles. The number of amides is 1. The van der Waals surface area contributed by atoms with Crippen LogP contribution in [0.15, 0.2) is 24.3 Å². The van der Waals surface area contributed by atoms with Crippen molar-refractivity contribution in [3.8, 4) is 5.75 Å². The number of methoxy groups -OCH3 is 1. The normalized spacial score (nSPS) is 25.7. The zero-order valence-electron chi connectivity index (χ0n) is 13.4. The molecule has 2 bridgehead atoms. The number of para-hydroxylation sites is 2. The first kappa shape index (κ1) is 15.3. The minimum Gasteiger partial charge on any atom is -0.495 e. The third-order valence-electron chi connectivity index (χ3n) is 4.98. The molecule has 0 radical (unpaired) electrons. The first-order valence-corrected chi connectivity index (χ1v) is 8.04. The van der Waals surface area contributed by atoms with Gasteiger partial charge in [-0.1, -0.05) is 12.1 Å². The highest BCUT2D eigenvalue weighted by Crippen LogP contribution is 2.28. The monoisotopic (exact) mass is 303 g/mol. The lowest BCUT2D eigenvalue weighted by molar-refractivity contribution is -0.117. The first-order chi connectivity index (χ1) is 10.7. The van der Waals surface area contributed by atoms with Crippen LogP contribution >= 0.6 is 0 Å². The molecule has 2 saturated heterocycles. The number of carbonyl (C=O) groups is 1. The van der Waals surface area contributed by atoms with Crippen LogP contribution in [0, 0.1) is 0 Å². The Kier molecular flexibility index (Phi) is 4.64. The number of likely N-dealkylation sites (tertiary alicyclic amines) is 1. The highest BCUT2D eigenvalue weighted by Gasteiger charge is 2.34. The van der Waals surface area contributed by atoms with E-state index < -0.39 is 0 Å². The fourth-order valence-corrected chi connectivity index (χ4v) is 3.66. The number of nitrogens with one attached hydrogen (secondary N) is 1. The number of rotatable bonds is 4. The van der Waals surface area contributed by atoms with Gasteiger partial charge in [0.2, 0.25) is 5.91 Å². The minimum absolute atomic E-state index is 0.0323. The Morgan fingerprint density at radius 1 is 1.27 bits per heavy atom. The number of carbonyl (C=O) groups excluding carboxylic acids is 1. The van der Waals surface area contributed by atoms with Crippen molar-refractivity contribution in [2.24, 2.45) is 0 Å². The van der Waals surface area contributed by atoms with E-state index in [2.05, 4.69) is 22.2 Å². The van der Waals surface area contributed by atoms with Gasteiger partial charge in [-0.3, -0.25) is 14.6 Å². The molecule has 0 unspecified atom stereocenters. The molecule has 5 nitrogen and oxygen atoms in total. The van der Waals surface area contributed by atoms with E-state index in [9.17, 15) is 4.79 Å². The van der Waals surface area contributed by atoms with Crippen LogP contribution in [0.4, 0.5) is 5.69 Å². The zero-order chi connectivity index (χ0) is 15.5. The molecule has 1 aromatic carbocycles. The Balaban J connectivity index is 1.58. The second-order valence-electron chi connectivity index (χ2n) is 6.32. The lowest BCUT2D eigenvalue weighted by Gasteiger charge is -2.25. The molecular formula is C17H25N3O2. The van der Waals surface area contributed by atoms with Crippen molar-refractivity contribution in [2.75, 3.05) is 39.1 Å². The number of anilines is 1. The Bertz CT molecular complexity index is 534. The fourth-order valence-electron chi connectivity index (χ4n) is 3.66. The van der Waals surface area contributed by atoms with E-state index in [1.807, 2.05) is 24.3 Å². The number of fused-ring (bicyclic) bond motifs is 2. The molecule has 2 aliphatic rings. The molecular weight excluding hydrogens is 278 g/mol. The maximum atomic E-state index is 12.3. The lowest BCUT2D eigenvalue weighted by Crippen LogP contribution is -2.40. The molecule has 1 aromatic rings. The van der Waals surface area contributed by atoms with Crippen LogP contribution in [-0.4, -0.2) is 61.6 Å². The van der Waals surface area contributed by atoms with Gasteiger partial charge in [-0.25, -0.2) is 0 Å². The van der Waals surface area contributed by atoms with Gasteiger partial charge in [-0.2, -0.15) is 0 Å². The molecule has 2 aliphatic heterocycles. The third kappa shape index (κ3) is 3.25. The van der Waals surface area contributed by atoms with Gasteiger partial charge in [-0.05, 0) is 38.4 Å². The van der Waals surface area contributed by atoms with Crippen LogP contribution in [0.2, 0.25) is 0 Å². The van der Waals surface area contributed by atoms with Gasteiger partial charge in [0, 0.05) is 25.2 Å². The van der Waals surface area contributed by atoms with E-state index in [-0.39, 0.29) is 5.91 Å². The topological polar surface area (TPSA) is 44.8 Å². The molecule has 0 spiro atoms. The van der Waals surface area contributed by atoms with Gasteiger partial charge < -0.3 is 10.1 Å². The summed E-state index contributed by atoms with van der Waals surface area (Å²) in [5.74, 6) is 0.732. The maximum absolute atomic E-state index is 12.3. The van der Waals surface area contributed by atoms with Gasteiger partial charge in [0.25, 0.3) is 0 Å². The van der Waals surface area contributed by atoms with Crippen LogP contribution < -0.4 is 10.1 Å². The predicted molar refractivity (Wildman–Crippen MR) is 87.3 cm³/mol. The van der Waals surface area contributed by atoms with Gasteiger partial charge >= 0.3 is 0 Å². The fraction of sp³-hybridized carbons (Fsp3) is 0.588. The molecule has 22 heavy (non-hydrogen) atoms. The highest BCUT2D eigenvalue weighted by molar-refractivity contribution is 5.93. The molecule has 120 valence electrons. The van der Waals surface area contributed by atoms with Crippen molar-refractivity contribution >= 4 is 11.6 Å². The maximum Gasteiger partial charge on any atom is 0.238 e. The molecule has 2 atom stereocenters. The van der Waals surface area contributed by atoms with Gasteiger partial charge in [0.05, 0.1) is 19.3 Å². The lowest BCUT2D eigenvalue weighted by atomic mass is 10.1. The third-order valence-corrected chi connectivity index (χ3v) is 4.98. The van der Waals surface area contributed by atoms with Crippen LogP contribution in [0.5, 0.6) is 5.75 Å². The van der Waals surface area contributed by atoms with E-state index in [0.29, 0.717) is 24.4 Å². The Labute approximate surface area is 132 Å². The average Bonchev–Trinajstić information content (AvgIpc) is 2.76. The van der Waals surface area contributed by atoms with E-state index >= 15 is 0 Å². The molecule has 0 saturated carbocycles. The van der Waals surface area contributed by atoms with Crippen LogP contribution in [0.1, 0.15) is 19.3 Å². The van der Waals surface area contributed by atoms with Gasteiger partial charge in [0.1, 0.15) is 5.75 Å². The van der Waals surface area contributed by atoms with Crippen molar-refractivity contribution in [3.05, 3.63) is 24.3 Å². The average molecular weight is 303 g/mol. The smallest absolute Gasteiger partial charge is 0.238 e. The number of hydrogen-bond acceptors (Lipinski definition) is 4. The predicted octanol–water partition coefficient (Wildman–Crippen LogP) is 1.80. The highest BCUT2D eigenvalue weighted by atomic mass is 16.5. The summed E-state index contributed by atoms with van der Waals surface area (Å²) in [5.41, 5.74) is 0.739. The summed E-state index contributed by atoms with van der Waals surface area (Å²) in [5, 5.41) is 2.97. The Hall–Kier alpha value is -1.59. The van der Waals surface area contributed by atoms with Crippen molar-refractivity contribution in [3.63, 3.8) is 0 Å². The summed E-state index contributed by atoms with van der Waals surface area (Å²) in [6.45, 7) is 2.45. The van der Waals surface area contributed by atoms with Gasteiger partial charge in [0.15, 0.2) is 0 Å². The van der Waals surface area contributed by atoms with E-state index in [0.717, 1.165) is 25.2 Å². The second kappa shape index (κ2) is 6.67. The summed E-state index contributed by atoms with van der Waals surface area (Å²) >= 11 is 0. The SMILES string of the molecule is COc1ccccc1NC(=O)CN1CC[C@@H]2CC[C@H](C1)N2C. The molecule has 0 aromatic heterocycles. The molecule has 0 aliphatic carbocycles. The molecule has 3 rings (SSSR count). The Morgan fingerprint density at radius 2 is 2.05 bits per heavy atom. The molecule has 2 fully saturated rings. The number of benzene rings is 1. The van der Waals surface area contributed by atoms with Crippen molar-refractivity contribution in [1.29, 1.82) is 0 Å². The summed E-state index contributed by atoms with van der Waals surface area (Å²) in [6, 6.07) is 8.83. The number of ether oxygens (including phenoxy) is 1. The summed E-state index contributed by atoms with van der Waals surface area (Å²) in [6.07, 6.45) is 3.73. The summed E-state index contributed by atoms with van der Waals surface area (Å²) < 4.78 is 5.28. The van der Waals surface area contributed by atoms with Gasteiger partial charge in [-0.15, -0.1) is 0 Å². The van der Waals surface area contributed by atoms with Crippen LogP contribution in [-0.2, 0) is 4.79 Å². The van der Waals surface area contributed by atoms with Crippen LogP contribution in [0.3, 0.4) is 0 Å². The standard InChI is InChI=1S/C17H25N3O2/c1-19-13-7-8-14(19)11-20(10-9-13)12-17(21)18-15-5-3-4-6-16(15)22-2/h3-6,13-14H,7-12H2,1-2H3,(H,18,21)/t13-,14+/m0/s1. The quantitative estimate of drug-likeness (QED) is 0.921. The number of nitrogens with zero attached hydrogens (tertiary/aromatic N) is 2. The summed E-state index contributed by atoms with van der Waals surface area (Å²) in [4.78, 5) is 17.1. The largest absolute Gasteiger partial charge is 0.495 e. The molecule has 1 amide bonds. The molecule has 1 N–H and O–H groups in total. The van der Waals surface area contributed by atoms with E-state index in [4.69, 9.17) is 4.74 Å². The first-order valence-electron chi connectivity index (χ1n) is 8.04. The van der Waals surface area contributed by atoms with Crippen molar-refractivity contribution < 1.29 is 9.53 Å². The van der Waals surface area contributed by atoms with E-state index in [1.165, 1.54) is 12.8 Å².